The molecule has 0 saturated carbocycles. The maximum absolute atomic E-state index is 5.27. The molecule has 9 heavy (non-hydrogen) atoms. The second-order valence-electron chi connectivity index (χ2n) is 2.91. The van der Waals surface area contributed by atoms with Gasteiger partial charge in [-0.3, -0.25) is 4.90 Å². The molecule has 0 unspecified atom stereocenters. The minimum Gasteiger partial charge on any atom is -0.380 e. The Labute approximate surface area is 55.8 Å². The lowest BCUT2D eigenvalue weighted by atomic mass is 10.1. The van der Waals surface area contributed by atoms with Gasteiger partial charge in [-0.05, 0) is 25.9 Å². The molecule has 2 heteroatoms. The summed E-state index contributed by atoms with van der Waals surface area (Å²) >= 11 is 0. The fourth-order valence-electron chi connectivity index (χ4n) is 1.52. The summed E-state index contributed by atoms with van der Waals surface area (Å²) in [5, 5.41) is 0. The van der Waals surface area contributed by atoms with E-state index in [1.165, 1.54) is 25.9 Å². The van der Waals surface area contributed by atoms with Gasteiger partial charge in [-0.15, -0.1) is 0 Å². The fraction of sp³-hybridized carbons (Fsp3) is 1.00. The highest BCUT2D eigenvalue weighted by Gasteiger charge is 2.26. The van der Waals surface area contributed by atoms with Gasteiger partial charge in [0.2, 0.25) is 0 Å². The summed E-state index contributed by atoms with van der Waals surface area (Å²) in [4.78, 5) is 2.52. The van der Waals surface area contributed by atoms with E-state index in [0.717, 1.165) is 19.3 Å². The summed E-state index contributed by atoms with van der Waals surface area (Å²) in [5.41, 5.74) is 0. The van der Waals surface area contributed by atoms with Crippen LogP contribution >= 0.6 is 0 Å². The minimum absolute atomic E-state index is 0.777. The Hall–Kier alpha value is -0.0800. The van der Waals surface area contributed by atoms with Crippen molar-refractivity contribution in [3.8, 4) is 0 Å². The smallest absolute Gasteiger partial charge is 0.0622 e. The Morgan fingerprint density at radius 3 is 2.67 bits per heavy atom. The highest BCUT2D eigenvalue weighted by atomic mass is 16.5. The third-order valence-electron chi connectivity index (χ3n) is 2.31. The number of hydrogen-bond acceptors (Lipinski definition) is 2. The normalized spacial score (nSPS) is 36.7. The van der Waals surface area contributed by atoms with Gasteiger partial charge in [0.05, 0.1) is 6.61 Å². The SMILES string of the molecule is C1CN([C@@H]2CCOC2)C1. The van der Waals surface area contributed by atoms with Crippen LogP contribution in [0.1, 0.15) is 12.8 Å². The van der Waals surface area contributed by atoms with E-state index >= 15 is 0 Å². The molecule has 0 bridgehead atoms. The van der Waals surface area contributed by atoms with Crippen molar-refractivity contribution in [3.05, 3.63) is 0 Å². The highest BCUT2D eigenvalue weighted by molar-refractivity contribution is 4.80. The summed E-state index contributed by atoms with van der Waals surface area (Å²) < 4.78 is 5.27. The molecule has 2 aliphatic rings. The molecular weight excluding hydrogens is 114 g/mol. The topological polar surface area (TPSA) is 12.5 Å². The van der Waals surface area contributed by atoms with Crippen molar-refractivity contribution in [1.82, 2.24) is 4.90 Å². The van der Waals surface area contributed by atoms with Crippen LogP contribution in [-0.2, 0) is 4.74 Å². The van der Waals surface area contributed by atoms with Crippen molar-refractivity contribution < 1.29 is 4.74 Å². The number of likely N-dealkylation sites (tertiary alicyclic amines) is 1. The van der Waals surface area contributed by atoms with E-state index < -0.39 is 0 Å². The monoisotopic (exact) mass is 127 g/mol. The minimum atomic E-state index is 0.777. The van der Waals surface area contributed by atoms with Crippen LogP contribution in [0.5, 0.6) is 0 Å². The van der Waals surface area contributed by atoms with Crippen LogP contribution in [0.4, 0.5) is 0 Å². The molecule has 2 aliphatic heterocycles. The Balaban J connectivity index is 1.82. The molecule has 0 aliphatic carbocycles. The molecule has 0 aromatic carbocycles. The van der Waals surface area contributed by atoms with E-state index in [2.05, 4.69) is 4.90 Å². The fourth-order valence-corrected chi connectivity index (χ4v) is 1.52. The van der Waals surface area contributed by atoms with Crippen molar-refractivity contribution >= 4 is 0 Å². The number of ether oxygens (including phenoxy) is 1. The molecule has 0 aromatic heterocycles. The third-order valence-corrected chi connectivity index (χ3v) is 2.31. The molecule has 0 radical (unpaired) electrons. The Morgan fingerprint density at radius 1 is 1.33 bits per heavy atom. The summed E-state index contributed by atoms with van der Waals surface area (Å²) in [6.07, 6.45) is 2.66. The standard InChI is InChI=1S/C7H13NO/c1-3-8(4-1)7-2-5-9-6-7/h7H,1-6H2/t7-/m1/s1. The summed E-state index contributed by atoms with van der Waals surface area (Å²) in [7, 11) is 0. The lowest BCUT2D eigenvalue weighted by Gasteiger charge is -2.35. The Kier molecular flexibility index (Phi) is 1.44. The molecule has 2 heterocycles. The Morgan fingerprint density at radius 2 is 2.22 bits per heavy atom. The summed E-state index contributed by atoms with van der Waals surface area (Å²) in [6.45, 7) is 4.60. The van der Waals surface area contributed by atoms with Gasteiger partial charge < -0.3 is 4.74 Å². The first-order valence-electron chi connectivity index (χ1n) is 3.78. The van der Waals surface area contributed by atoms with Crippen LogP contribution in [0.25, 0.3) is 0 Å². The number of rotatable bonds is 1. The van der Waals surface area contributed by atoms with Crippen LogP contribution in [0, 0.1) is 0 Å². The van der Waals surface area contributed by atoms with Gasteiger partial charge in [0.15, 0.2) is 0 Å². The van der Waals surface area contributed by atoms with Crippen molar-refractivity contribution in [3.63, 3.8) is 0 Å². The highest BCUT2D eigenvalue weighted by Crippen LogP contribution is 2.17. The predicted molar refractivity (Wildman–Crippen MR) is 35.4 cm³/mol. The predicted octanol–water partition coefficient (Wildman–Crippen LogP) is 0.481. The van der Waals surface area contributed by atoms with Gasteiger partial charge in [0.1, 0.15) is 0 Å². The summed E-state index contributed by atoms with van der Waals surface area (Å²) in [6, 6.07) is 0.777. The van der Waals surface area contributed by atoms with E-state index in [9.17, 15) is 0 Å². The maximum Gasteiger partial charge on any atom is 0.0622 e. The van der Waals surface area contributed by atoms with Crippen molar-refractivity contribution in [2.24, 2.45) is 0 Å². The largest absolute Gasteiger partial charge is 0.380 e. The molecule has 2 saturated heterocycles. The zero-order valence-electron chi connectivity index (χ0n) is 5.68. The molecule has 2 nitrogen and oxygen atoms in total. The lowest BCUT2D eigenvalue weighted by molar-refractivity contribution is 0.0975. The first-order chi connectivity index (χ1) is 4.47. The zero-order valence-corrected chi connectivity index (χ0v) is 5.68. The van der Waals surface area contributed by atoms with E-state index in [4.69, 9.17) is 4.74 Å². The van der Waals surface area contributed by atoms with Gasteiger partial charge in [-0.1, -0.05) is 0 Å². The van der Waals surface area contributed by atoms with Gasteiger partial charge in [0, 0.05) is 12.6 Å². The molecular formula is C7H13NO. The van der Waals surface area contributed by atoms with Crippen LogP contribution in [0.3, 0.4) is 0 Å². The molecule has 0 spiro atoms. The zero-order chi connectivity index (χ0) is 6.10. The Bertz CT molecular complexity index is 95.1. The van der Waals surface area contributed by atoms with Crippen molar-refractivity contribution in [2.45, 2.75) is 18.9 Å². The van der Waals surface area contributed by atoms with E-state index in [-0.39, 0.29) is 0 Å². The molecule has 2 rings (SSSR count). The number of hydrogen-bond donors (Lipinski definition) is 0. The van der Waals surface area contributed by atoms with E-state index in [1.54, 1.807) is 0 Å². The quantitative estimate of drug-likeness (QED) is 0.508. The van der Waals surface area contributed by atoms with Crippen LogP contribution in [0.2, 0.25) is 0 Å². The maximum atomic E-state index is 5.27. The van der Waals surface area contributed by atoms with Crippen LogP contribution < -0.4 is 0 Å². The molecule has 0 aromatic rings. The van der Waals surface area contributed by atoms with Crippen LogP contribution in [-0.4, -0.2) is 37.2 Å². The van der Waals surface area contributed by atoms with E-state index in [0.29, 0.717) is 0 Å². The molecule has 52 valence electrons. The average Bonchev–Trinajstić information content (AvgIpc) is 2.11. The first-order valence-corrected chi connectivity index (χ1v) is 3.78. The van der Waals surface area contributed by atoms with Gasteiger partial charge in [-0.25, -0.2) is 0 Å². The van der Waals surface area contributed by atoms with Gasteiger partial charge >= 0.3 is 0 Å². The molecule has 0 N–H and O–H groups in total. The average molecular weight is 127 g/mol. The first kappa shape index (κ1) is 5.69. The second kappa shape index (κ2) is 2.27. The molecule has 2 fully saturated rings. The van der Waals surface area contributed by atoms with E-state index in [1.807, 2.05) is 0 Å². The second-order valence-corrected chi connectivity index (χ2v) is 2.91. The van der Waals surface area contributed by atoms with Gasteiger partial charge in [-0.2, -0.15) is 0 Å². The van der Waals surface area contributed by atoms with Crippen molar-refractivity contribution in [1.29, 1.82) is 0 Å². The van der Waals surface area contributed by atoms with Crippen LogP contribution in [0.15, 0.2) is 0 Å². The van der Waals surface area contributed by atoms with Crippen molar-refractivity contribution in [2.75, 3.05) is 26.3 Å². The number of nitrogens with zero attached hydrogens (tertiary/aromatic N) is 1. The third kappa shape index (κ3) is 0.970. The molecule has 1 atom stereocenters. The lowest BCUT2D eigenvalue weighted by Crippen LogP contribution is -2.45. The van der Waals surface area contributed by atoms with Gasteiger partial charge in [0.25, 0.3) is 0 Å². The summed E-state index contributed by atoms with van der Waals surface area (Å²) in [5.74, 6) is 0. The molecule has 0 amide bonds.